The van der Waals surface area contributed by atoms with Gasteiger partial charge >= 0.3 is 0 Å². The summed E-state index contributed by atoms with van der Waals surface area (Å²) in [6, 6.07) is 34.5. The number of fused-ring (bicyclic) bond motifs is 3. The highest BCUT2D eigenvalue weighted by Crippen LogP contribution is 2.33. The molecule has 0 amide bonds. The van der Waals surface area contributed by atoms with Crippen molar-refractivity contribution in [3.05, 3.63) is 103 Å². The minimum atomic E-state index is 0.593. The molecule has 0 saturated carbocycles. The van der Waals surface area contributed by atoms with Gasteiger partial charge in [0, 0.05) is 26.8 Å². The van der Waals surface area contributed by atoms with E-state index in [0.717, 1.165) is 37.8 Å². The Kier molecular flexibility index (Phi) is 4.47. The Bertz CT molecular complexity index is 1520. The Labute approximate surface area is 190 Å². The second-order valence-corrected chi connectivity index (χ2v) is 8.09. The van der Waals surface area contributed by atoms with Gasteiger partial charge in [-0.3, -0.25) is 4.57 Å². The van der Waals surface area contributed by atoms with Crippen molar-refractivity contribution in [2.75, 3.05) is 0 Å². The van der Waals surface area contributed by atoms with E-state index in [1.807, 2.05) is 72.8 Å². The normalized spacial score (nSPS) is 11.3. The first-order valence-electron chi connectivity index (χ1n) is 10.4. The first-order valence-corrected chi connectivity index (χ1v) is 10.8. The van der Waals surface area contributed by atoms with Crippen molar-refractivity contribution < 1.29 is 0 Å². The van der Waals surface area contributed by atoms with Gasteiger partial charge in [0.1, 0.15) is 0 Å². The molecule has 0 spiro atoms. The van der Waals surface area contributed by atoms with Gasteiger partial charge in [-0.25, -0.2) is 4.98 Å². The fourth-order valence-electron chi connectivity index (χ4n) is 4.07. The smallest absolute Gasteiger partial charge is 0.238 e. The molecule has 0 aliphatic carbocycles. The van der Waals surface area contributed by atoms with Gasteiger partial charge in [0.2, 0.25) is 5.95 Å². The maximum absolute atomic E-state index is 4.92. The average molecular weight is 431 g/mol. The molecule has 0 bridgehead atoms. The van der Waals surface area contributed by atoms with Crippen LogP contribution in [-0.4, -0.2) is 19.5 Å². The zero-order valence-corrected chi connectivity index (χ0v) is 17.9. The van der Waals surface area contributed by atoms with Gasteiger partial charge in [0.15, 0.2) is 11.6 Å². The van der Waals surface area contributed by atoms with Crippen LogP contribution >= 0.6 is 12.6 Å². The molecule has 0 aliphatic heterocycles. The molecule has 0 aliphatic rings. The Morgan fingerprint density at radius 1 is 0.531 bits per heavy atom. The molecule has 152 valence electrons. The van der Waals surface area contributed by atoms with Crippen molar-refractivity contribution in [2.24, 2.45) is 0 Å². The summed E-state index contributed by atoms with van der Waals surface area (Å²) >= 11 is 4.56. The van der Waals surface area contributed by atoms with Crippen LogP contribution in [0.3, 0.4) is 0 Å². The van der Waals surface area contributed by atoms with Crippen molar-refractivity contribution in [1.82, 2.24) is 19.5 Å². The molecule has 0 unspecified atom stereocenters. The topological polar surface area (TPSA) is 43.6 Å². The maximum atomic E-state index is 4.92. The van der Waals surface area contributed by atoms with Crippen LogP contribution in [0.15, 0.2) is 108 Å². The van der Waals surface area contributed by atoms with Gasteiger partial charge in [-0.1, -0.05) is 78.9 Å². The summed E-state index contributed by atoms with van der Waals surface area (Å²) in [5, 5.41) is 2.26. The van der Waals surface area contributed by atoms with Gasteiger partial charge in [-0.2, -0.15) is 9.97 Å². The van der Waals surface area contributed by atoms with Crippen LogP contribution in [0.2, 0.25) is 0 Å². The van der Waals surface area contributed by atoms with Crippen LogP contribution in [0, 0.1) is 0 Å². The second-order valence-electron chi connectivity index (χ2n) is 7.57. The highest BCUT2D eigenvalue weighted by molar-refractivity contribution is 7.80. The molecular formula is C27H18N4S. The summed E-state index contributed by atoms with van der Waals surface area (Å²) in [4.78, 5) is 15.6. The first kappa shape index (κ1) is 18.8. The zero-order valence-electron chi connectivity index (χ0n) is 17.1. The van der Waals surface area contributed by atoms with Gasteiger partial charge in [0.25, 0.3) is 0 Å². The highest BCUT2D eigenvalue weighted by atomic mass is 32.1. The molecule has 0 atom stereocenters. The number of rotatable bonds is 3. The van der Waals surface area contributed by atoms with Crippen molar-refractivity contribution in [2.45, 2.75) is 4.90 Å². The van der Waals surface area contributed by atoms with Crippen LogP contribution in [0.5, 0.6) is 0 Å². The van der Waals surface area contributed by atoms with Gasteiger partial charge in [0.05, 0.1) is 11.0 Å². The van der Waals surface area contributed by atoms with E-state index in [1.54, 1.807) is 0 Å². The van der Waals surface area contributed by atoms with Crippen LogP contribution in [0.25, 0.3) is 50.5 Å². The molecule has 32 heavy (non-hydrogen) atoms. The summed E-state index contributed by atoms with van der Waals surface area (Å²) in [6.45, 7) is 0. The van der Waals surface area contributed by atoms with E-state index < -0.39 is 0 Å². The Morgan fingerprint density at radius 3 is 1.75 bits per heavy atom. The van der Waals surface area contributed by atoms with Crippen LogP contribution < -0.4 is 0 Å². The minimum absolute atomic E-state index is 0.593. The molecular weight excluding hydrogens is 412 g/mol. The molecule has 2 heterocycles. The lowest BCUT2D eigenvalue weighted by atomic mass is 10.1. The molecule has 4 aromatic carbocycles. The number of hydrogen-bond acceptors (Lipinski definition) is 4. The van der Waals surface area contributed by atoms with E-state index in [9.17, 15) is 0 Å². The SMILES string of the molecule is Sc1ccc2c(c1)c1ccccc1n2-c1nc(-c2ccccc2)nc(-c2ccccc2)n1. The van der Waals surface area contributed by atoms with Crippen molar-refractivity contribution in [3.8, 4) is 28.7 Å². The van der Waals surface area contributed by atoms with Crippen molar-refractivity contribution in [1.29, 1.82) is 0 Å². The van der Waals surface area contributed by atoms with E-state index in [-0.39, 0.29) is 0 Å². The Morgan fingerprint density at radius 2 is 1.09 bits per heavy atom. The largest absolute Gasteiger partial charge is 0.278 e. The summed E-state index contributed by atoms with van der Waals surface area (Å²) in [6.07, 6.45) is 0. The third-order valence-electron chi connectivity index (χ3n) is 5.54. The molecule has 0 N–H and O–H groups in total. The van der Waals surface area contributed by atoms with E-state index in [2.05, 4.69) is 47.5 Å². The second kappa shape index (κ2) is 7.62. The Balaban J connectivity index is 1.70. The minimum Gasteiger partial charge on any atom is -0.278 e. The van der Waals surface area contributed by atoms with E-state index in [0.29, 0.717) is 17.6 Å². The number of nitrogens with zero attached hydrogens (tertiary/aromatic N) is 4. The number of aromatic nitrogens is 4. The fraction of sp³-hybridized carbons (Fsp3) is 0. The summed E-state index contributed by atoms with van der Waals surface area (Å²) < 4.78 is 2.11. The van der Waals surface area contributed by atoms with Crippen molar-refractivity contribution in [3.63, 3.8) is 0 Å². The molecule has 0 saturated heterocycles. The molecule has 0 fully saturated rings. The summed E-state index contributed by atoms with van der Waals surface area (Å²) in [5.74, 6) is 1.88. The number of para-hydroxylation sites is 1. The van der Waals surface area contributed by atoms with Crippen LogP contribution in [0.4, 0.5) is 0 Å². The number of thiol groups is 1. The third kappa shape index (κ3) is 3.15. The monoisotopic (exact) mass is 430 g/mol. The lowest BCUT2D eigenvalue weighted by Crippen LogP contribution is -2.06. The lowest BCUT2D eigenvalue weighted by molar-refractivity contribution is 0.953. The quantitative estimate of drug-likeness (QED) is 0.322. The summed E-state index contributed by atoms with van der Waals surface area (Å²) in [5.41, 5.74) is 3.98. The first-order chi connectivity index (χ1) is 15.8. The molecule has 6 rings (SSSR count). The zero-order chi connectivity index (χ0) is 21.5. The molecule has 2 aromatic heterocycles. The van der Waals surface area contributed by atoms with Crippen LogP contribution in [0.1, 0.15) is 0 Å². The molecule has 4 nitrogen and oxygen atoms in total. The predicted molar refractivity (Wildman–Crippen MR) is 132 cm³/mol. The van der Waals surface area contributed by atoms with Gasteiger partial charge < -0.3 is 0 Å². The van der Waals surface area contributed by atoms with E-state index >= 15 is 0 Å². The molecule has 6 aromatic rings. The number of hydrogen-bond donors (Lipinski definition) is 1. The maximum Gasteiger partial charge on any atom is 0.238 e. The lowest BCUT2D eigenvalue weighted by Gasteiger charge is -2.10. The Hall–Kier alpha value is -3.96. The summed E-state index contributed by atoms with van der Waals surface area (Å²) in [7, 11) is 0. The average Bonchev–Trinajstić information content (AvgIpc) is 3.18. The van der Waals surface area contributed by atoms with E-state index in [4.69, 9.17) is 15.0 Å². The van der Waals surface area contributed by atoms with Gasteiger partial charge in [-0.05, 0) is 24.3 Å². The molecule has 5 heteroatoms. The molecule has 0 radical (unpaired) electrons. The fourth-order valence-corrected chi connectivity index (χ4v) is 4.28. The predicted octanol–water partition coefficient (Wildman–Crippen LogP) is 6.59. The van der Waals surface area contributed by atoms with Crippen LogP contribution in [-0.2, 0) is 0 Å². The number of benzene rings is 4. The van der Waals surface area contributed by atoms with E-state index in [1.165, 1.54) is 0 Å². The third-order valence-corrected chi connectivity index (χ3v) is 5.82. The highest BCUT2D eigenvalue weighted by Gasteiger charge is 2.17. The van der Waals surface area contributed by atoms with Gasteiger partial charge in [-0.15, -0.1) is 12.6 Å². The van der Waals surface area contributed by atoms with Crippen molar-refractivity contribution >= 4 is 34.4 Å². The standard InChI is InChI=1S/C27H18N4S/c32-20-15-16-24-22(17-20)21-13-7-8-14-23(21)31(24)27-29-25(18-9-3-1-4-10-18)28-26(30-27)19-11-5-2-6-12-19/h1-17,32H.